The average Bonchev–Trinajstić information content (AvgIpc) is 2.68. The normalized spacial score (nSPS) is 30.9. The number of hydrogen-bond donors (Lipinski definition) is 2. The van der Waals surface area contributed by atoms with Crippen LogP contribution in [0.4, 0.5) is 0 Å². The third kappa shape index (κ3) is 4.51. The van der Waals surface area contributed by atoms with Gasteiger partial charge in [-0.05, 0) is 74.2 Å². The third-order valence-corrected chi connectivity index (χ3v) is 7.53. The molecule has 2 amide bonds. The van der Waals surface area contributed by atoms with Crippen LogP contribution in [0, 0.1) is 29.1 Å². The lowest BCUT2D eigenvalue weighted by Crippen LogP contribution is -2.53. The molecule has 0 aromatic heterocycles. The fourth-order valence-electron chi connectivity index (χ4n) is 6.57. The van der Waals surface area contributed by atoms with E-state index in [1.165, 1.54) is 19.3 Å². The number of carbonyl (C=O) groups is 2. The van der Waals surface area contributed by atoms with Crippen LogP contribution in [0.1, 0.15) is 76.8 Å². The second kappa shape index (κ2) is 8.49. The van der Waals surface area contributed by atoms with Gasteiger partial charge in [0.1, 0.15) is 0 Å². The van der Waals surface area contributed by atoms with Gasteiger partial charge in [0.2, 0.25) is 11.8 Å². The van der Waals surface area contributed by atoms with Crippen LogP contribution in [-0.2, 0) is 9.59 Å². The summed E-state index contributed by atoms with van der Waals surface area (Å²) in [6, 6.07) is 10.2. The van der Waals surface area contributed by atoms with Crippen LogP contribution in [0.15, 0.2) is 30.3 Å². The molecular formula is C25H36N2O2. The molecule has 0 spiro atoms. The van der Waals surface area contributed by atoms with Crippen molar-refractivity contribution >= 4 is 11.8 Å². The highest BCUT2D eigenvalue weighted by Gasteiger charge is 2.54. The molecule has 1 unspecified atom stereocenters. The van der Waals surface area contributed by atoms with Crippen molar-refractivity contribution in [3.8, 4) is 0 Å². The number of amides is 2. The monoisotopic (exact) mass is 396 g/mol. The molecule has 4 saturated carbocycles. The van der Waals surface area contributed by atoms with Crippen LogP contribution in [0.25, 0.3) is 0 Å². The number of nitrogens with one attached hydrogen (secondary N) is 2. The molecule has 0 aliphatic heterocycles. The molecule has 2 N–H and O–H groups in total. The highest BCUT2D eigenvalue weighted by Crippen LogP contribution is 2.60. The smallest absolute Gasteiger partial charge is 0.226 e. The number of carbonyl (C=O) groups excluding carboxylic acids is 2. The van der Waals surface area contributed by atoms with Gasteiger partial charge in [-0.25, -0.2) is 0 Å². The summed E-state index contributed by atoms with van der Waals surface area (Å²) in [4.78, 5) is 25.5. The zero-order valence-electron chi connectivity index (χ0n) is 18.0. The van der Waals surface area contributed by atoms with Crippen molar-refractivity contribution in [1.82, 2.24) is 10.6 Å². The summed E-state index contributed by atoms with van der Waals surface area (Å²) >= 11 is 0. The fraction of sp³-hybridized carbons (Fsp3) is 0.680. The molecule has 0 radical (unpaired) electrons. The summed E-state index contributed by atoms with van der Waals surface area (Å²) in [5.74, 6) is 3.01. The van der Waals surface area contributed by atoms with Gasteiger partial charge in [0.05, 0.1) is 6.04 Å². The van der Waals surface area contributed by atoms with Crippen LogP contribution in [0.5, 0.6) is 0 Å². The molecule has 4 nitrogen and oxygen atoms in total. The van der Waals surface area contributed by atoms with Crippen molar-refractivity contribution in [2.45, 2.75) is 71.3 Å². The van der Waals surface area contributed by atoms with Crippen molar-refractivity contribution in [2.75, 3.05) is 6.54 Å². The van der Waals surface area contributed by atoms with Crippen LogP contribution in [0.3, 0.4) is 0 Å². The first-order valence-corrected chi connectivity index (χ1v) is 11.6. The highest BCUT2D eigenvalue weighted by molar-refractivity contribution is 5.83. The first-order valence-electron chi connectivity index (χ1n) is 11.6. The Morgan fingerprint density at radius 2 is 1.59 bits per heavy atom. The maximum absolute atomic E-state index is 13.0. The Morgan fingerprint density at radius 3 is 2.14 bits per heavy atom. The number of hydrogen-bond acceptors (Lipinski definition) is 2. The van der Waals surface area contributed by atoms with Crippen LogP contribution in [0.2, 0.25) is 0 Å². The van der Waals surface area contributed by atoms with Crippen molar-refractivity contribution in [1.29, 1.82) is 0 Å². The molecule has 0 heterocycles. The summed E-state index contributed by atoms with van der Waals surface area (Å²) < 4.78 is 0. The van der Waals surface area contributed by atoms with E-state index in [1.807, 2.05) is 18.2 Å². The van der Waals surface area contributed by atoms with Crippen molar-refractivity contribution in [2.24, 2.45) is 29.1 Å². The van der Waals surface area contributed by atoms with E-state index in [-0.39, 0.29) is 23.3 Å². The summed E-state index contributed by atoms with van der Waals surface area (Å²) in [6.07, 6.45) is 8.50. The Kier molecular flexibility index (Phi) is 5.98. The maximum Gasteiger partial charge on any atom is 0.226 e. The standard InChI is InChI=1S/C25H36N2O2/c1-17(2)23(21-7-4-3-5-8-21)27-22(28)9-6-10-26-24(29)25-14-18-11-19(15-25)13-20(12-18)16-25/h3-5,7-8,17-20,23H,6,9-16H2,1-2H3,(H,26,29)(H,27,28). The van der Waals surface area contributed by atoms with Gasteiger partial charge in [-0.2, -0.15) is 0 Å². The quantitative estimate of drug-likeness (QED) is 0.630. The van der Waals surface area contributed by atoms with E-state index in [2.05, 4.69) is 36.6 Å². The Labute approximate surface area is 175 Å². The molecule has 5 rings (SSSR count). The molecule has 1 aromatic rings. The first-order chi connectivity index (χ1) is 13.9. The maximum atomic E-state index is 13.0. The predicted octanol–water partition coefficient (Wildman–Crippen LogP) is 4.61. The van der Waals surface area contributed by atoms with E-state index < -0.39 is 0 Å². The van der Waals surface area contributed by atoms with Crippen molar-refractivity contribution in [3.63, 3.8) is 0 Å². The molecule has 1 atom stereocenters. The molecule has 0 saturated heterocycles. The highest BCUT2D eigenvalue weighted by atomic mass is 16.2. The third-order valence-electron chi connectivity index (χ3n) is 7.53. The molecule has 4 aliphatic rings. The van der Waals surface area contributed by atoms with Gasteiger partial charge in [0, 0.05) is 18.4 Å². The summed E-state index contributed by atoms with van der Waals surface area (Å²) in [5.41, 5.74) is 1.05. The van der Waals surface area contributed by atoms with Gasteiger partial charge in [-0.3, -0.25) is 9.59 Å². The van der Waals surface area contributed by atoms with E-state index in [1.54, 1.807) is 0 Å². The van der Waals surface area contributed by atoms with Gasteiger partial charge < -0.3 is 10.6 Å². The minimum atomic E-state index is -0.0902. The lowest BCUT2D eigenvalue weighted by Gasteiger charge is -2.55. The van der Waals surface area contributed by atoms with Crippen LogP contribution >= 0.6 is 0 Å². The zero-order chi connectivity index (χ0) is 20.4. The molecule has 29 heavy (non-hydrogen) atoms. The second-order valence-electron chi connectivity index (χ2n) is 10.3. The van der Waals surface area contributed by atoms with Gasteiger partial charge in [0.15, 0.2) is 0 Å². The summed E-state index contributed by atoms with van der Waals surface area (Å²) in [6.45, 7) is 4.86. The molecule has 158 valence electrons. The molecule has 4 heteroatoms. The van der Waals surface area contributed by atoms with E-state index in [0.717, 1.165) is 42.6 Å². The van der Waals surface area contributed by atoms with E-state index in [4.69, 9.17) is 0 Å². The summed E-state index contributed by atoms with van der Waals surface area (Å²) in [7, 11) is 0. The number of rotatable bonds is 8. The van der Waals surface area contributed by atoms with Crippen molar-refractivity contribution in [3.05, 3.63) is 35.9 Å². The minimum Gasteiger partial charge on any atom is -0.356 e. The van der Waals surface area contributed by atoms with E-state index >= 15 is 0 Å². The Hall–Kier alpha value is -1.84. The Bertz CT molecular complexity index is 692. The minimum absolute atomic E-state index is 0.0327. The molecule has 1 aromatic carbocycles. The topological polar surface area (TPSA) is 58.2 Å². The lowest BCUT2D eigenvalue weighted by molar-refractivity contribution is -0.146. The van der Waals surface area contributed by atoms with Crippen LogP contribution in [-0.4, -0.2) is 18.4 Å². The van der Waals surface area contributed by atoms with Crippen LogP contribution < -0.4 is 10.6 Å². The van der Waals surface area contributed by atoms with Gasteiger partial charge in [0.25, 0.3) is 0 Å². The molecule has 4 fully saturated rings. The molecular weight excluding hydrogens is 360 g/mol. The van der Waals surface area contributed by atoms with E-state index in [9.17, 15) is 9.59 Å². The van der Waals surface area contributed by atoms with Gasteiger partial charge in [-0.15, -0.1) is 0 Å². The van der Waals surface area contributed by atoms with Crippen molar-refractivity contribution < 1.29 is 9.59 Å². The zero-order valence-corrected chi connectivity index (χ0v) is 18.0. The van der Waals surface area contributed by atoms with Gasteiger partial charge in [-0.1, -0.05) is 44.2 Å². The lowest BCUT2D eigenvalue weighted by atomic mass is 9.49. The summed E-state index contributed by atoms with van der Waals surface area (Å²) in [5, 5.41) is 6.36. The first kappa shape index (κ1) is 20.4. The second-order valence-corrected chi connectivity index (χ2v) is 10.3. The largest absolute Gasteiger partial charge is 0.356 e. The molecule has 4 bridgehead atoms. The fourth-order valence-corrected chi connectivity index (χ4v) is 6.57. The SMILES string of the molecule is CC(C)C(NC(=O)CCCNC(=O)C12CC3CC(CC(C3)C1)C2)c1ccccc1. The predicted molar refractivity (Wildman–Crippen MR) is 115 cm³/mol. The van der Waals surface area contributed by atoms with E-state index in [0.29, 0.717) is 25.3 Å². The van der Waals surface area contributed by atoms with Gasteiger partial charge >= 0.3 is 0 Å². The average molecular weight is 397 g/mol. The Balaban J connectivity index is 1.22. The number of benzene rings is 1. The molecule has 4 aliphatic carbocycles. The Morgan fingerprint density at radius 1 is 1.00 bits per heavy atom.